The van der Waals surface area contributed by atoms with Gasteiger partial charge in [-0.15, -0.1) is 0 Å². The largest absolute Gasteiger partial charge is 0.337 e. The molecule has 1 aromatic carbocycles. The number of likely N-dealkylation sites (N-methyl/N-ethyl adjacent to an activating group) is 1. The molecule has 0 radical (unpaired) electrons. The van der Waals surface area contributed by atoms with E-state index in [-0.39, 0.29) is 24.4 Å². The van der Waals surface area contributed by atoms with Gasteiger partial charge in [-0.3, -0.25) is 4.79 Å². The van der Waals surface area contributed by atoms with Gasteiger partial charge in [-0.1, -0.05) is 6.07 Å². The highest BCUT2D eigenvalue weighted by Gasteiger charge is 2.36. The Balaban J connectivity index is 2.37. The Morgan fingerprint density at radius 2 is 2.06 bits per heavy atom. The third-order valence-electron chi connectivity index (χ3n) is 2.91. The zero-order chi connectivity index (χ0) is 11.9. The highest BCUT2D eigenvalue weighted by atomic mass is 19.2. The fourth-order valence-corrected chi connectivity index (χ4v) is 2.07. The predicted octanol–water partition coefficient (Wildman–Crippen LogP) is 1.20. The summed E-state index contributed by atoms with van der Waals surface area (Å²) in [6, 6.07) is 2.85. The van der Waals surface area contributed by atoms with Crippen molar-refractivity contribution in [2.24, 2.45) is 5.73 Å². The summed E-state index contributed by atoms with van der Waals surface area (Å²) >= 11 is 0. The second-order valence-corrected chi connectivity index (χ2v) is 3.99. The molecule has 0 unspecified atom stereocenters. The fraction of sp³-hybridized carbons (Fsp3) is 0.364. The van der Waals surface area contributed by atoms with Crippen LogP contribution in [-0.4, -0.2) is 23.9 Å². The lowest BCUT2D eigenvalue weighted by Crippen LogP contribution is -2.30. The van der Waals surface area contributed by atoms with Crippen LogP contribution in [0.2, 0.25) is 0 Å². The minimum Gasteiger partial charge on any atom is -0.337 e. The summed E-state index contributed by atoms with van der Waals surface area (Å²) in [7, 11) is 1.61. The van der Waals surface area contributed by atoms with Gasteiger partial charge in [0.15, 0.2) is 11.6 Å². The zero-order valence-corrected chi connectivity index (χ0v) is 8.78. The van der Waals surface area contributed by atoms with Gasteiger partial charge >= 0.3 is 0 Å². The predicted molar refractivity (Wildman–Crippen MR) is 54.5 cm³/mol. The average molecular weight is 226 g/mol. The van der Waals surface area contributed by atoms with Crippen LogP contribution in [0.3, 0.4) is 0 Å². The van der Waals surface area contributed by atoms with Crippen LogP contribution in [0.5, 0.6) is 0 Å². The number of nitrogens with two attached hydrogens (primary N) is 1. The number of likely N-dealkylation sites (tertiary alicyclic amines) is 1. The van der Waals surface area contributed by atoms with Gasteiger partial charge in [0.05, 0.1) is 6.04 Å². The second kappa shape index (κ2) is 3.83. The Labute approximate surface area is 91.8 Å². The summed E-state index contributed by atoms with van der Waals surface area (Å²) < 4.78 is 25.8. The topological polar surface area (TPSA) is 46.3 Å². The van der Waals surface area contributed by atoms with Crippen molar-refractivity contribution in [2.75, 3.05) is 7.05 Å². The highest BCUT2D eigenvalue weighted by Crippen LogP contribution is 2.31. The van der Waals surface area contributed by atoms with E-state index in [0.29, 0.717) is 5.56 Å². The molecule has 0 bridgehead atoms. The van der Waals surface area contributed by atoms with E-state index in [2.05, 4.69) is 0 Å². The van der Waals surface area contributed by atoms with Crippen molar-refractivity contribution < 1.29 is 13.6 Å². The number of benzene rings is 1. The van der Waals surface area contributed by atoms with Crippen molar-refractivity contribution in [3.63, 3.8) is 0 Å². The summed E-state index contributed by atoms with van der Waals surface area (Å²) in [5.74, 6) is -1.90. The van der Waals surface area contributed by atoms with Gasteiger partial charge in [0.2, 0.25) is 5.91 Å². The van der Waals surface area contributed by atoms with Crippen LogP contribution in [0.15, 0.2) is 18.2 Å². The summed E-state index contributed by atoms with van der Waals surface area (Å²) in [5, 5.41) is 0. The number of nitrogens with zero attached hydrogens (tertiary/aromatic N) is 1. The molecule has 86 valence electrons. The van der Waals surface area contributed by atoms with Crippen molar-refractivity contribution in [1.82, 2.24) is 4.90 Å². The minimum absolute atomic E-state index is 0.0813. The molecule has 1 aliphatic rings. The van der Waals surface area contributed by atoms with E-state index in [0.717, 1.165) is 12.1 Å². The highest BCUT2D eigenvalue weighted by molar-refractivity contribution is 5.80. The van der Waals surface area contributed by atoms with Crippen molar-refractivity contribution in [2.45, 2.75) is 18.5 Å². The van der Waals surface area contributed by atoms with Crippen molar-refractivity contribution in [3.05, 3.63) is 35.4 Å². The van der Waals surface area contributed by atoms with E-state index in [4.69, 9.17) is 5.73 Å². The van der Waals surface area contributed by atoms with Gasteiger partial charge in [0.25, 0.3) is 0 Å². The van der Waals surface area contributed by atoms with Crippen LogP contribution in [-0.2, 0) is 4.79 Å². The standard InChI is InChI=1S/C11H12F2N2O/c1-15-10(16)5-9(14)11(15)6-2-3-7(12)8(13)4-6/h2-4,9,11H,5,14H2,1H3/t9-,11+/m1/s1. The van der Waals surface area contributed by atoms with E-state index in [1.165, 1.54) is 11.0 Å². The molecule has 0 spiro atoms. The van der Waals surface area contributed by atoms with Gasteiger partial charge in [0, 0.05) is 19.5 Å². The summed E-state index contributed by atoms with van der Waals surface area (Å²) in [6.45, 7) is 0. The van der Waals surface area contributed by atoms with E-state index in [1.807, 2.05) is 0 Å². The van der Waals surface area contributed by atoms with Gasteiger partial charge in [-0.05, 0) is 17.7 Å². The Kier molecular flexibility index (Phi) is 2.63. The molecule has 16 heavy (non-hydrogen) atoms. The molecular formula is C11H12F2N2O. The second-order valence-electron chi connectivity index (χ2n) is 3.99. The lowest BCUT2D eigenvalue weighted by atomic mass is 10.0. The first-order valence-corrected chi connectivity index (χ1v) is 4.97. The molecule has 1 aliphatic heterocycles. The number of hydrogen-bond acceptors (Lipinski definition) is 2. The van der Waals surface area contributed by atoms with Crippen LogP contribution < -0.4 is 5.73 Å². The Hall–Kier alpha value is -1.49. The number of carbonyl (C=O) groups is 1. The zero-order valence-electron chi connectivity index (χ0n) is 8.78. The van der Waals surface area contributed by atoms with Crippen LogP contribution in [0.4, 0.5) is 8.78 Å². The van der Waals surface area contributed by atoms with Gasteiger partial charge < -0.3 is 10.6 Å². The molecule has 1 fully saturated rings. The minimum atomic E-state index is -0.919. The van der Waals surface area contributed by atoms with Gasteiger partial charge in [-0.25, -0.2) is 8.78 Å². The molecule has 0 saturated carbocycles. The fourth-order valence-electron chi connectivity index (χ4n) is 2.07. The van der Waals surface area contributed by atoms with Gasteiger partial charge in [-0.2, -0.15) is 0 Å². The maximum atomic E-state index is 13.1. The van der Waals surface area contributed by atoms with E-state index in [9.17, 15) is 13.6 Å². The Morgan fingerprint density at radius 1 is 1.38 bits per heavy atom. The number of carbonyl (C=O) groups excluding carboxylic acids is 1. The number of hydrogen-bond donors (Lipinski definition) is 1. The molecule has 2 N–H and O–H groups in total. The van der Waals surface area contributed by atoms with Crippen molar-refractivity contribution in [3.8, 4) is 0 Å². The smallest absolute Gasteiger partial charge is 0.224 e. The molecule has 1 amide bonds. The monoisotopic (exact) mass is 226 g/mol. The van der Waals surface area contributed by atoms with Crippen LogP contribution in [0.1, 0.15) is 18.0 Å². The molecule has 1 heterocycles. The molecule has 2 rings (SSSR count). The first kappa shape index (κ1) is 11.0. The maximum Gasteiger partial charge on any atom is 0.224 e. The Morgan fingerprint density at radius 3 is 2.56 bits per heavy atom. The summed E-state index contributed by atoms with van der Waals surface area (Å²) in [6.07, 6.45) is 0.236. The van der Waals surface area contributed by atoms with Crippen molar-refractivity contribution >= 4 is 5.91 Å². The van der Waals surface area contributed by atoms with E-state index in [1.54, 1.807) is 7.05 Å². The molecule has 0 aliphatic carbocycles. The maximum absolute atomic E-state index is 13.1. The third kappa shape index (κ3) is 1.67. The quantitative estimate of drug-likeness (QED) is 0.782. The van der Waals surface area contributed by atoms with Crippen LogP contribution in [0.25, 0.3) is 0 Å². The average Bonchev–Trinajstić information content (AvgIpc) is 2.47. The van der Waals surface area contributed by atoms with Crippen LogP contribution in [0, 0.1) is 11.6 Å². The first-order valence-electron chi connectivity index (χ1n) is 4.97. The Bertz CT molecular complexity index is 436. The van der Waals surface area contributed by atoms with Gasteiger partial charge in [0.1, 0.15) is 0 Å². The SMILES string of the molecule is CN1C(=O)C[C@@H](N)[C@@H]1c1ccc(F)c(F)c1. The summed E-state index contributed by atoms with van der Waals surface area (Å²) in [5.41, 5.74) is 6.33. The van der Waals surface area contributed by atoms with E-state index < -0.39 is 11.6 Å². The van der Waals surface area contributed by atoms with Crippen molar-refractivity contribution in [1.29, 1.82) is 0 Å². The molecular weight excluding hydrogens is 214 g/mol. The normalized spacial score (nSPS) is 25.2. The number of amides is 1. The first-order chi connectivity index (χ1) is 7.50. The molecule has 3 nitrogen and oxygen atoms in total. The molecule has 5 heteroatoms. The van der Waals surface area contributed by atoms with E-state index >= 15 is 0 Å². The summed E-state index contributed by atoms with van der Waals surface area (Å²) in [4.78, 5) is 12.9. The lowest BCUT2D eigenvalue weighted by Gasteiger charge is -2.23. The third-order valence-corrected chi connectivity index (χ3v) is 2.91. The van der Waals surface area contributed by atoms with Crippen LogP contribution >= 0.6 is 0 Å². The number of rotatable bonds is 1. The lowest BCUT2D eigenvalue weighted by molar-refractivity contribution is -0.127. The molecule has 2 atom stereocenters. The molecule has 1 aromatic rings. The molecule has 0 aromatic heterocycles. The number of halogens is 2. The molecule has 1 saturated heterocycles.